The zero-order chi connectivity index (χ0) is 20.7. The van der Waals surface area contributed by atoms with E-state index in [-0.39, 0.29) is 6.61 Å². The molecule has 0 saturated heterocycles. The number of aryl methyl sites for hydroxylation is 1. The zero-order valence-electron chi connectivity index (χ0n) is 16.6. The van der Waals surface area contributed by atoms with Gasteiger partial charge in [0.25, 0.3) is 0 Å². The van der Waals surface area contributed by atoms with Gasteiger partial charge in [-0.3, -0.25) is 4.57 Å². The van der Waals surface area contributed by atoms with E-state index < -0.39 is 8.25 Å². The minimum absolute atomic E-state index is 0.270. The summed E-state index contributed by atoms with van der Waals surface area (Å²) in [6.07, 6.45) is 5.33. The van der Waals surface area contributed by atoms with Gasteiger partial charge >= 0.3 is 8.25 Å². The molecule has 0 aliphatic heterocycles. The van der Waals surface area contributed by atoms with E-state index in [9.17, 15) is 9.83 Å². The average molecular weight is 433 g/mol. The van der Waals surface area contributed by atoms with Crippen molar-refractivity contribution >= 4 is 20.0 Å². The number of unbranched alkanes of at least 4 members (excludes halogenated alkanes) is 2. The van der Waals surface area contributed by atoms with Gasteiger partial charge in [0.2, 0.25) is 0 Å². The molecule has 5 nitrogen and oxygen atoms in total. The Bertz CT molecular complexity index is 796. The lowest BCUT2D eigenvalue weighted by Gasteiger charge is -2.08. The molecular formula is C22H29N2O3PS. The molecule has 0 spiro atoms. The zero-order valence-corrected chi connectivity index (χ0v) is 18.4. The molecule has 7 heteroatoms. The standard InChI is InChI=1S/C22H29N2O3PS/c23-17-21-16-20(18-24-13-7-14-27-28(25)26)11-12-22(21)29-15-6-2-5-10-19-8-3-1-4-9-19/h1,3-4,8-9,11-12,16,24,28H,2,5-7,10,13-15,18H2,(H,25,26). The van der Waals surface area contributed by atoms with Crippen molar-refractivity contribution in [2.45, 2.75) is 43.5 Å². The Kier molecular flexibility index (Phi) is 11.7. The largest absolute Gasteiger partial charge is 0.326 e. The van der Waals surface area contributed by atoms with E-state index in [0.717, 1.165) is 34.6 Å². The van der Waals surface area contributed by atoms with Crippen LogP contribution in [0.1, 0.15) is 42.4 Å². The van der Waals surface area contributed by atoms with Crippen molar-refractivity contribution in [3.8, 4) is 6.07 Å². The van der Waals surface area contributed by atoms with Crippen molar-refractivity contribution in [3.05, 3.63) is 65.2 Å². The molecule has 0 aliphatic rings. The molecule has 0 bridgehead atoms. The third kappa shape index (κ3) is 10.1. The van der Waals surface area contributed by atoms with Gasteiger partial charge < -0.3 is 14.7 Å². The van der Waals surface area contributed by atoms with Gasteiger partial charge in [0.15, 0.2) is 0 Å². The Morgan fingerprint density at radius 2 is 1.90 bits per heavy atom. The summed E-state index contributed by atoms with van der Waals surface area (Å²) >= 11 is 1.75. The Hall–Kier alpha value is -1.61. The van der Waals surface area contributed by atoms with Crippen LogP contribution in [-0.4, -0.2) is 23.8 Å². The number of hydrogen-bond donors (Lipinski definition) is 2. The summed E-state index contributed by atoms with van der Waals surface area (Å²) < 4.78 is 15.1. The topological polar surface area (TPSA) is 82.3 Å². The van der Waals surface area contributed by atoms with Gasteiger partial charge in [-0.25, -0.2) is 0 Å². The van der Waals surface area contributed by atoms with Gasteiger partial charge in [0.05, 0.1) is 12.2 Å². The lowest BCUT2D eigenvalue weighted by atomic mass is 10.1. The lowest BCUT2D eigenvalue weighted by Crippen LogP contribution is -2.16. The molecule has 0 heterocycles. The Balaban J connectivity index is 1.64. The number of thioether (sulfide) groups is 1. The predicted octanol–water partition coefficient (Wildman–Crippen LogP) is 4.94. The molecule has 2 N–H and O–H groups in total. The molecule has 0 aliphatic carbocycles. The molecule has 29 heavy (non-hydrogen) atoms. The van der Waals surface area contributed by atoms with E-state index in [1.165, 1.54) is 18.4 Å². The molecule has 2 aromatic carbocycles. The van der Waals surface area contributed by atoms with Crippen molar-refractivity contribution in [3.63, 3.8) is 0 Å². The van der Waals surface area contributed by atoms with Gasteiger partial charge in [-0.1, -0.05) is 42.8 Å². The number of nitriles is 1. The summed E-state index contributed by atoms with van der Waals surface area (Å²) in [5.74, 6) is 1.02. The average Bonchev–Trinajstić information content (AvgIpc) is 2.74. The van der Waals surface area contributed by atoms with Crippen LogP contribution >= 0.6 is 20.0 Å². The number of benzene rings is 2. The highest BCUT2D eigenvalue weighted by atomic mass is 32.2. The molecule has 156 valence electrons. The molecule has 0 aromatic heterocycles. The molecule has 2 aromatic rings. The van der Waals surface area contributed by atoms with E-state index in [0.29, 0.717) is 19.5 Å². The third-order valence-electron chi connectivity index (χ3n) is 4.43. The molecule has 0 fully saturated rings. The highest BCUT2D eigenvalue weighted by Crippen LogP contribution is 2.25. The van der Waals surface area contributed by atoms with Gasteiger partial charge in [-0.05, 0) is 61.2 Å². The van der Waals surface area contributed by atoms with Crippen molar-refractivity contribution < 1.29 is 14.0 Å². The minimum atomic E-state index is -2.83. The van der Waals surface area contributed by atoms with Crippen LogP contribution < -0.4 is 5.32 Å². The second-order valence-electron chi connectivity index (χ2n) is 6.73. The first kappa shape index (κ1) is 23.7. The van der Waals surface area contributed by atoms with Crippen LogP contribution in [-0.2, 0) is 22.1 Å². The molecule has 1 unspecified atom stereocenters. The number of rotatable bonds is 14. The molecular weight excluding hydrogens is 403 g/mol. The van der Waals surface area contributed by atoms with Crippen molar-refractivity contribution in [1.82, 2.24) is 5.32 Å². The fraction of sp³-hybridized carbons (Fsp3) is 0.409. The summed E-state index contributed by atoms with van der Waals surface area (Å²) in [6, 6.07) is 18.9. The normalized spacial score (nSPS) is 11.9. The Morgan fingerprint density at radius 3 is 2.66 bits per heavy atom. The first-order chi connectivity index (χ1) is 14.2. The smallest absolute Gasteiger partial charge is 0.316 e. The Morgan fingerprint density at radius 1 is 1.07 bits per heavy atom. The van der Waals surface area contributed by atoms with Gasteiger partial charge in [-0.15, -0.1) is 11.8 Å². The fourth-order valence-corrected chi connectivity index (χ4v) is 4.24. The van der Waals surface area contributed by atoms with Crippen LogP contribution in [0.25, 0.3) is 0 Å². The molecule has 1 atom stereocenters. The van der Waals surface area contributed by atoms with Crippen LogP contribution in [0.2, 0.25) is 0 Å². The fourth-order valence-electron chi connectivity index (χ4n) is 2.92. The summed E-state index contributed by atoms with van der Waals surface area (Å²) in [5, 5.41) is 12.7. The van der Waals surface area contributed by atoms with E-state index in [1.54, 1.807) is 11.8 Å². The molecule has 0 saturated carbocycles. The van der Waals surface area contributed by atoms with Crippen LogP contribution in [0.4, 0.5) is 0 Å². The number of nitrogens with one attached hydrogen (secondary N) is 1. The van der Waals surface area contributed by atoms with E-state index >= 15 is 0 Å². The molecule has 0 radical (unpaired) electrons. The SMILES string of the molecule is N#Cc1cc(CNCCCO[PH](=O)O)ccc1SCCCCCc1ccccc1. The van der Waals surface area contributed by atoms with Crippen LogP contribution in [0.15, 0.2) is 53.4 Å². The van der Waals surface area contributed by atoms with Crippen molar-refractivity contribution in [1.29, 1.82) is 5.26 Å². The third-order valence-corrected chi connectivity index (χ3v) is 6.04. The second-order valence-corrected chi connectivity index (χ2v) is 8.69. The van der Waals surface area contributed by atoms with E-state index in [4.69, 9.17) is 4.89 Å². The first-order valence-electron chi connectivity index (χ1n) is 9.95. The molecule has 0 amide bonds. The summed E-state index contributed by atoms with van der Waals surface area (Å²) in [4.78, 5) is 9.64. The van der Waals surface area contributed by atoms with Crippen LogP contribution in [0.3, 0.4) is 0 Å². The van der Waals surface area contributed by atoms with Crippen LogP contribution in [0.5, 0.6) is 0 Å². The van der Waals surface area contributed by atoms with Crippen molar-refractivity contribution in [2.75, 3.05) is 18.9 Å². The maximum Gasteiger partial charge on any atom is 0.316 e. The monoisotopic (exact) mass is 432 g/mol. The number of hydrogen-bond acceptors (Lipinski definition) is 5. The van der Waals surface area contributed by atoms with E-state index in [1.807, 2.05) is 18.2 Å². The van der Waals surface area contributed by atoms with Crippen molar-refractivity contribution in [2.24, 2.45) is 0 Å². The highest BCUT2D eigenvalue weighted by molar-refractivity contribution is 7.99. The summed E-state index contributed by atoms with van der Waals surface area (Å²) in [6.45, 7) is 1.62. The maximum atomic E-state index is 10.5. The maximum absolute atomic E-state index is 10.5. The van der Waals surface area contributed by atoms with Gasteiger partial charge in [0.1, 0.15) is 6.07 Å². The Labute approximate surface area is 178 Å². The second kappa shape index (κ2) is 14.4. The van der Waals surface area contributed by atoms with Gasteiger partial charge in [-0.2, -0.15) is 5.26 Å². The van der Waals surface area contributed by atoms with Gasteiger partial charge in [0, 0.05) is 11.4 Å². The molecule has 2 rings (SSSR count). The number of nitrogens with zero attached hydrogens (tertiary/aromatic N) is 1. The predicted molar refractivity (Wildman–Crippen MR) is 119 cm³/mol. The van der Waals surface area contributed by atoms with Crippen LogP contribution in [0, 0.1) is 11.3 Å². The summed E-state index contributed by atoms with van der Waals surface area (Å²) in [7, 11) is -2.83. The van der Waals surface area contributed by atoms with E-state index in [2.05, 4.69) is 46.2 Å². The minimum Gasteiger partial charge on any atom is -0.326 e. The summed E-state index contributed by atoms with van der Waals surface area (Å²) in [5.41, 5.74) is 3.18. The lowest BCUT2D eigenvalue weighted by molar-refractivity contribution is 0.276. The highest BCUT2D eigenvalue weighted by Gasteiger charge is 2.05. The first-order valence-corrected chi connectivity index (χ1v) is 12.2. The quantitative estimate of drug-likeness (QED) is 0.250.